The zero-order chi connectivity index (χ0) is 11.3. The van der Waals surface area contributed by atoms with Crippen LogP contribution in [-0.4, -0.2) is 25.2 Å². The van der Waals surface area contributed by atoms with E-state index in [1.807, 2.05) is 0 Å². The summed E-state index contributed by atoms with van der Waals surface area (Å²) in [5.41, 5.74) is 0.101. The number of aliphatic hydroxyl groups excluding tert-OH is 1. The third-order valence-electron chi connectivity index (χ3n) is 1.97. The summed E-state index contributed by atoms with van der Waals surface area (Å²) in [5, 5.41) is 11.8. The number of halogens is 1. The number of carbonyl (C=O) groups excluding carboxylic acids is 1. The van der Waals surface area contributed by atoms with Crippen LogP contribution in [0.25, 0.3) is 0 Å². The number of methoxy groups -OCH3 is 1. The molecule has 15 heavy (non-hydrogen) atoms. The smallest absolute Gasteiger partial charge is 0.207 e. The Morgan fingerprint density at radius 1 is 1.67 bits per heavy atom. The van der Waals surface area contributed by atoms with Gasteiger partial charge in [-0.05, 0) is 6.07 Å². The van der Waals surface area contributed by atoms with E-state index in [-0.39, 0.29) is 17.9 Å². The molecule has 0 aliphatic heterocycles. The number of amides is 1. The van der Waals surface area contributed by atoms with Gasteiger partial charge in [0.25, 0.3) is 0 Å². The normalized spacial score (nSPS) is 11.9. The van der Waals surface area contributed by atoms with Gasteiger partial charge in [-0.3, -0.25) is 4.79 Å². The van der Waals surface area contributed by atoms with Gasteiger partial charge in [0.2, 0.25) is 6.41 Å². The van der Waals surface area contributed by atoms with Crippen molar-refractivity contribution in [1.29, 1.82) is 0 Å². The predicted molar refractivity (Wildman–Crippen MR) is 52.0 cm³/mol. The number of rotatable bonds is 5. The SMILES string of the molecule is COc1cccc(C(O)CNC=O)c1F. The van der Waals surface area contributed by atoms with Gasteiger partial charge in [0.05, 0.1) is 13.2 Å². The van der Waals surface area contributed by atoms with Crippen molar-refractivity contribution in [2.24, 2.45) is 0 Å². The van der Waals surface area contributed by atoms with Crippen molar-refractivity contribution < 1.29 is 19.0 Å². The maximum absolute atomic E-state index is 13.5. The fourth-order valence-electron chi connectivity index (χ4n) is 1.21. The first kappa shape index (κ1) is 11.5. The molecule has 0 saturated heterocycles. The zero-order valence-electron chi connectivity index (χ0n) is 8.24. The average Bonchev–Trinajstić information content (AvgIpc) is 2.26. The Morgan fingerprint density at radius 3 is 3.00 bits per heavy atom. The first-order chi connectivity index (χ1) is 7.20. The van der Waals surface area contributed by atoms with Gasteiger partial charge in [-0.1, -0.05) is 12.1 Å². The van der Waals surface area contributed by atoms with Crippen LogP contribution < -0.4 is 10.1 Å². The summed E-state index contributed by atoms with van der Waals surface area (Å²) in [5.74, 6) is -0.544. The topological polar surface area (TPSA) is 58.6 Å². The molecule has 1 amide bonds. The van der Waals surface area contributed by atoms with E-state index < -0.39 is 11.9 Å². The summed E-state index contributed by atoms with van der Waals surface area (Å²) in [6.07, 6.45) is -0.633. The van der Waals surface area contributed by atoms with Crippen LogP contribution in [0.5, 0.6) is 5.75 Å². The van der Waals surface area contributed by atoms with Crippen LogP contribution in [0.1, 0.15) is 11.7 Å². The third-order valence-corrected chi connectivity index (χ3v) is 1.97. The van der Waals surface area contributed by atoms with Crippen molar-refractivity contribution in [2.45, 2.75) is 6.10 Å². The van der Waals surface area contributed by atoms with Gasteiger partial charge in [0, 0.05) is 12.1 Å². The van der Waals surface area contributed by atoms with Gasteiger partial charge >= 0.3 is 0 Å². The van der Waals surface area contributed by atoms with Crippen LogP contribution in [0.3, 0.4) is 0 Å². The van der Waals surface area contributed by atoms with Crippen LogP contribution in [0.4, 0.5) is 4.39 Å². The quantitative estimate of drug-likeness (QED) is 0.705. The molecule has 0 fully saturated rings. The number of nitrogens with one attached hydrogen (secondary N) is 1. The molecule has 1 unspecified atom stereocenters. The van der Waals surface area contributed by atoms with Gasteiger partial charge in [0.1, 0.15) is 0 Å². The number of ether oxygens (including phenoxy) is 1. The minimum Gasteiger partial charge on any atom is -0.494 e. The van der Waals surface area contributed by atoms with Crippen LogP contribution in [-0.2, 0) is 4.79 Å². The van der Waals surface area contributed by atoms with Crippen molar-refractivity contribution >= 4 is 6.41 Å². The maximum atomic E-state index is 13.5. The van der Waals surface area contributed by atoms with Crippen molar-refractivity contribution in [3.05, 3.63) is 29.6 Å². The van der Waals surface area contributed by atoms with E-state index in [2.05, 4.69) is 5.32 Å². The monoisotopic (exact) mass is 213 g/mol. The standard InChI is InChI=1S/C10H12FNO3/c1-15-9-4-2-3-7(10(9)11)8(14)5-12-6-13/h2-4,6,8,14H,5H2,1H3,(H,12,13). The highest BCUT2D eigenvalue weighted by Crippen LogP contribution is 2.24. The Bertz CT molecular complexity index is 343. The second-order valence-electron chi connectivity index (χ2n) is 2.91. The molecule has 0 radical (unpaired) electrons. The molecule has 1 aromatic carbocycles. The molecule has 0 aliphatic rings. The lowest BCUT2D eigenvalue weighted by molar-refractivity contribution is -0.110. The van der Waals surface area contributed by atoms with E-state index in [4.69, 9.17) is 4.74 Å². The van der Waals surface area contributed by atoms with Crippen LogP contribution >= 0.6 is 0 Å². The lowest BCUT2D eigenvalue weighted by Crippen LogP contribution is -2.20. The highest BCUT2D eigenvalue weighted by molar-refractivity contribution is 5.46. The fraction of sp³-hybridized carbons (Fsp3) is 0.300. The maximum Gasteiger partial charge on any atom is 0.207 e. The first-order valence-electron chi connectivity index (χ1n) is 4.38. The number of benzene rings is 1. The lowest BCUT2D eigenvalue weighted by Gasteiger charge is -2.12. The summed E-state index contributed by atoms with van der Waals surface area (Å²) in [6, 6.07) is 4.47. The number of hydrogen-bond acceptors (Lipinski definition) is 3. The zero-order valence-corrected chi connectivity index (χ0v) is 8.24. The van der Waals surface area contributed by atoms with Crippen molar-refractivity contribution in [3.8, 4) is 5.75 Å². The first-order valence-corrected chi connectivity index (χ1v) is 4.38. The van der Waals surface area contributed by atoms with E-state index in [1.165, 1.54) is 19.2 Å². The summed E-state index contributed by atoms with van der Waals surface area (Å²) in [7, 11) is 1.35. The molecular formula is C10H12FNO3. The fourth-order valence-corrected chi connectivity index (χ4v) is 1.21. The van der Waals surface area contributed by atoms with Crippen molar-refractivity contribution in [3.63, 3.8) is 0 Å². The summed E-state index contributed by atoms with van der Waals surface area (Å²) < 4.78 is 18.3. The molecule has 2 N–H and O–H groups in total. The molecule has 1 rings (SSSR count). The van der Waals surface area contributed by atoms with Gasteiger partial charge in [-0.15, -0.1) is 0 Å². The Hall–Kier alpha value is -1.62. The van der Waals surface area contributed by atoms with Gasteiger partial charge in [0.15, 0.2) is 11.6 Å². The van der Waals surface area contributed by atoms with Crippen molar-refractivity contribution in [1.82, 2.24) is 5.32 Å². The second kappa shape index (κ2) is 5.31. The molecule has 4 nitrogen and oxygen atoms in total. The van der Waals surface area contributed by atoms with E-state index in [0.717, 1.165) is 0 Å². The van der Waals surface area contributed by atoms with Gasteiger partial charge < -0.3 is 15.2 Å². The average molecular weight is 213 g/mol. The number of carbonyl (C=O) groups is 1. The Morgan fingerprint density at radius 2 is 2.40 bits per heavy atom. The molecule has 5 heteroatoms. The third kappa shape index (κ3) is 2.66. The highest BCUT2D eigenvalue weighted by atomic mass is 19.1. The number of aliphatic hydroxyl groups is 1. The van der Waals surface area contributed by atoms with Crippen LogP contribution in [0.15, 0.2) is 18.2 Å². The Balaban J connectivity index is 2.88. The predicted octanol–water partition coefficient (Wildman–Crippen LogP) is 0.614. The highest BCUT2D eigenvalue weighted by Gasteiger charge is 2.15. The molecule has 0 saturated carbocycles. The molecule has 0 heterocycles. The van der Waals surface area contributed by atoms with Gasteiger partial charge in [-0.25, -0.2) is 4.39 Å². The summed E-state index contributed by atoms with van der Waals surface area (Å²) in [4.78, 5) is 10.0. The lowest BCUT2D eigenvalue weighted by atomic mass is 10.1. The molecule has 0 aromatic heterocycles. The summed E-state index contributed by atoms with van der Waals surface area (Å²) >= 11 is 0. The summed E-state index contributed by atoms with van der Waals surface area (Å²) in [6.45, 7) is -0.0341. The Kier molecular flexibility index (Phi) is 4.05. The van der Waals surface area contributed by atoms with E-state index in [1.54, 1.807) is 6.07 Å². The molecule has 1 aromatic rings. The molecule has 0 bridgehead atoms. The van der Waals surface area contributed by atoms with E-state index in [0.29, 0.717) is 6.41 Å². The van der Waals surface area contributed by atoms with Gasteiger partial charge in [-0.2, -0.15) is 0 Å². The second-order valence-corrected chi connectivity index (χ2v) is 2.91. The van der Waals surface area contributed by atoms with E-state index in [9.17, 15) is 14.3 Å². The van der Waals surface area contributed by atoms with Crippen LogP contribution in [0, 0.1) is 5.82 Å². The largest absolute Gasteiger partial charge is 0.494 e. The Labute approximate surface area is 86.7 Å². The molecule has 1 atom stereocenters. The minimum absolute atomic E-state index is 0.0341. The molecule has 0 aliphatic carbocycles. The minimum atomic E-state index is -1.08. The number of hydrogen-bond donors (Lipinski definition) is 2. The van der Waals surface area contributed by atoms with E-state index >= 15 is 0 Å². The van der Waals surface area contributed by atoms with Crippen molar-refractivity contribution in [2.75, 3.05) is 13.7 Å². The molecular weight excluding hydrogens is 201 g/mol. The molecule has 82 valence electrons. The molecule has 0 spiro atoms. The van der Waals surface area contributed by atoms with Crippen LogP contribution in [0.2, 0.25) is 0 Å².